The van der Waals surface area contributed by atoms with Crippen LogP contribution in [0.5, 0.6) is 0 Å². The predicted molar refractivity (Wildman–Crippen MR) is 80.6 cm³/mol. The largest absolute Gasteiger partial charge is 2.00 e. The SMILES string of the molecule is N[C@@H]1[C@@H](COC[C@@H]2O[C@H](C(=O)O)[C@@H](O)[C@H](O)[C@H]2O)[C@@H](O)[C@@H](CO)O[C@H]1O.[Cu+2]. The van der Waals surface area contributed by atoms with E-state index >= 15 is 0 Å². The number of carboxylic acids is 1. The average molecular weight is 447 g/mol. The maximum Gasteiger partial charge on any atom is 2.00 e. The molecule has 0 bridgehead atoms. The van der Waals surface area contributed by atoms with E-state index in [2.05, 4.69) is 0 Å². The van der Waals surface area contributed by atoms with Crippen LogP contribution in [-0.2, 0) is 36.1 Å². The van der Waals surface area contributed by atoms with Crippen molar-refractivity contribution in [1.29, 1.82) is 0 Å². The van der Waals surface area contributed by atoms with E-state index in [-0.39, 0.29) is 30.3 Å². The van der Waals surface area contributed by atoms with Crippen LogP contribution < -0.4 is 5.73 Å². The summed E-state index contributed by atoms with van der Waals surface area (Å²) < 4.78 is 15.3. The molecule has 2 heterocycles. The van der Waals surface area contributed by atoms with Crippen molar-refractivity contribution in [3.05, 3.63) is 0 Å². The molecule has 0 amide bonds. The van der Waals surface area contributed by atoms with Gasteiger partial charge in [0, 0.05) is 5.92 Å². The first-order valence-electron chi connectivity index (χ1n) is 8.07. The molecule has 0 aromatic heterocycles. The summed E-state index contributed by atoms with van der Waals surface area (Å²) >= 11 is 0. The molecule has 12 nitrogen and oxygen atoms in total. The number of carboxylic acid groups (broad SMARTS) is 1. The third kappa shape index (κ3) is 5.35. The van der Waals surface area contributed by atoms with Crippen molar-refractivity contribution >= 4 is 5.97 Å². The summed E-state index contributed by atoms with van der Waals surface area (Å²) in [6.45, 7) is -1.14. The van der Waals surface area contributed by atoms with Crippen molar-refractivity contribution in [3.8, 4) is 0 Å². The average Bonchev–Trinajstić information content (AvgIpc) is 2.60. The van der Waals surface area contributed by atoms with Gasteiger partial charge < -0.3 is 55.7 Å². The fourth-order valence-electron chi connectivity index (χ4n) is 3.04. The quantitative estimate of drug-likeness (QED) is 0.180. The van der Waals surface area contributed by atoms with Crippen molar-refractivity contribution in [3.63, 3.8) is 0 Å². The summed E-state index contributed by atoms with van der Waals surface area (Å²) in [5.41, 5.74) is 5.75. The summed E-state index contributed by atoms with van der Waals surface area (Å²) in [4.78, 5) is 11.0. The maximum atomic E-state index is 11.0. The van der Waals surface area contributed by atoms with Gasteiger partial charge in [0.15, 0.2) is 12.4 Å². The van der Waals surface area contributed by atoms with Crippen LogP contribution in [0, 0.1) is 5.92 Å². The van der Waals surface area contributed by atoms with Gasteiger partial charge in [-0.2, -0.15) is 0 Å². The Bertz CT molecular complexity index is 486. The molecular weight excluding hydrogens is 422 g/mol. The minimum atomic E-state index is -1.80. The standard InChI is InChI=1S/C14H25NO11.Cu/c15-7-4(8(17)5(1-16)26-14(7)23)2-24-3-6-9(18)10(19)11(20)12(25-6)13(21)22;/h4-12,14,16-20,23H,1-3,15H2,(H,21,22);/q;+2/t4-,5-,6+,7-,8-,9+,10-,11+,12+,14-;/m1./s1. The van der Waals surface area contributed by atoms with Crippen molar-refractivity contribution in [2.75, 3.05) is 19.8 Å². The Morgan fingerprint density at radius 2 is 1.56 bits per heavy atom. The second kappa shape index (κ2) is 10.4. The van der Waals surface area contributed by atoms with Crippen LogP contribution in [0.15, 0.2) is 0 Å². The maximum absolute atomic E-state index is 11.0. The Balaban J connectivity index is 0.00000364. The van der Waals surface area contributed by atoms with Gasteiger partial charge in [0.2, 0.25) is 0 Å². The minimum Gasteiger partial charge on any atom is -0.479 e. The minimum absolute atomic E-state index is 0. The van der Waals surface area contributed by atoms with E-state index in [0.717, 1.165) is 0 Å². The summed E-state index contributed by atoms with van der Waals surface area (Å²) in [5.74, 6) is -2.33. The molecule has 9 N–H and O–H groups in total. The van der Waals surface area contributed by atoms with Crippen LogP contribution in [0.1, 0.15) is 0 Å². The first-order valence-corrected chi connectivity index (χ1v) is 8.07. The number of aliphatic hydroxyl groups is 6. The molecule has 0 saturated carbocycles. The third-order valence-electron chi connectivity index (χ3n) is 4.69. The molecular formula is C14H25CuNO11+2. The molecule has 2 aliphatic rings. The van der Waals surface area contributed by atoms with Gasteiger partial charge in [-0.1, -0.05) is 0 Å². The van der Waals surface area contributed by atoms with Crippen LogP contribution in [0.3, 0.4) is 0 Å². The Morgan fingerprint density at radius 1 is 0.926 bits per heavy atom. The number of nitrogens with two attached hydrogens (primary N) is 1. The molecule has 10 atom stereocenters. The zero-order valence-corrected chi connectivity index (χ0v) is 15.0. The fraction of sp³-hybridized carbons (Fsp3) is 0.929. The smallest absolute Gasteiger partial charge is 0.479 e. The number of aliphatic carboxylic acids is 1. The van der Waals surface area contributed by atoms with E-state index < -0.39 is 73.6 Å². The normalized spacial score (nSPS) is 45.1. The molecule has 2 saturated heterocycles. The van der Waals surface area contributed by atoms with Gasteiger partial charge >= 0.3 is 23.0 Å². The fourth-order valence-corrected chi connectivity index (χ4v) is 3.04. The summed E-state index contributed by atoms with van der Waals surface area (Å²) in [7, 11) is 0. The van der Waals surface area contributed by atoms with E-state index in [1.165, 1.54) is 0 Å². The van der Waals surface area contributed by atoms with E-state index in [9.17, 15) is 30.3 Å². The topological polar surface area (TPSA) is 212 Å². The number of rotatable bonds is 6. The number of hydrogen-bond donors (Lipinski definition) is 8. The van der Waals surface area contributed by atoms with Gasteiger partial charge in [0.25, 0.3) is 0 Å². The number of carbonyl (C=O) groups is 1. The number of aliphatic hydroxyl groups excluding tert-OH is 6. The van der Waals surface area contributed by atoms with Crippen molar-refractivity contribution in [2.24, 2.45) is 11.7 Å². The second-order valence-electron chi connectivity index (χ2n) is 6.42. The molecule has 161 valence electrons. The predicted octanol–water partition coefficient (Wildman–Crippen LogP) is -5.05. The Morgan fingerprint density at radius 3 is 2.11 bits per heavy atom. The summed E-state index contributed by atoms with van der Waals surface area (Å²) in [6.07, 6.45) is -11.8. The van der Waals surface area contributed by atoms with Crippen LogP contribution in [0.25, 0.3) is 0 Å². The van der Waals surface area contributed by atoms with Gasteiger partial charge in [0.05, 0.1) is 32.0 Å². The Hall–Kier alpha value is -0.411. The first kappa shape index (κ1) is 24.6. The van der Waals surface area contributed by atoms with Crippen LogP contribution in [-0.4, -0.2) is 117 Å². The molecule has 13 heteroatoms. The molecule has 0 spiro atoms. The Kier molecular flexibility index (Phi) is 9.48. The molecule has 0 aromatic carbocycles. The molecule has 27 heavy (non-hydrogen) atoms. The van der Waals surface area contributed by atoms with Crippen molar-refractivity contribution < 1.29 is 71.8 Å². The monoisotopic (exact) mass is 446 g/mol. The van der Waals surface area contributed by atoms with Crippen LogP contribution in [0.4, 0.5) is 0 Å². The van der Waals surface area contributed by atoms with Gasteiger partial charge in [-0.25, -0.2) is 4.79 Å². The molecule has 0 unspecified atom stereocenters. The molecule has 2 rings (SSSR count). The molecule has 0 aromatic rings. The van der Waals surface area contributed by atoms with E-state index in [4.69, 9.17) is 30.2 Å². The van der Waals surface area contributed by atoms with Gasteiger partial charge in [0.1, 0.15) is 30.5 Å². The van der Waals surface area contributed by atoms with Crippen molar-refractivity contribution in [2.45, 2.75) is 55.1 Å². The summed E-state index contributed by atoms with van der Waals surface area (Å²) in [5, 5.41) is 67.2. The third-order valence-corrected chi connectivity index (χ3v) is 4.69. The molecule has 0 aliphatic carbocycles. The van der Waals surface area contributed by atoms with E-state index in [1.54, 1.807) is 0 Å². The van der Waals surface area contributed by atoms with Gasteiger partial charge in [-0.15, -0.1) is 0 Å². The van der Waals surface area contributed by atoms with E-state index in [0.29, 0.717) is 0 Å². The van der Waals surface area contributed by atoms with Crippen molar-refractivity contribution in [1.82, 2.24) is 0 Å². The zero-order chi connectivity index (χ0) is 19.6. The number of hydrogen-bond acceptors (Lipinski definition) is 11. The molecule has 1 radical (unpaired) electrons. The Labute approximate surface area is 164 Å². The molecule has 2 aliphatic heterocycles. The van der Waals surface area contributed by atoms with E-state index in [1.807, 2.05) is 0 Å². The second-order valence-corrected chi connectivity index (χ2v) is 6.42. The summed E-state index contributed by atoms with van der Waals surface area (Å²) in [6, 6.07) is -1.01. The first-order chi connectivity index (χ1) is 12.2. The van der Waals surface area contributed by atoms with Crippen LogP contribution in [0.2, 0.25) is 0 Å². The number of ether oxygens (including phenoxy) is 3. The zero-order valence-electron chi connectivity index (χ0n) is 14.0. The molecule has 2 fully saturated rings. The van der Waals surface area contributed by atoms with Gasteiger partial charge in [-0.05, 0) is 0 Å². The van der Waals surface area contributed by atoms with Gasteiger partial charge in [-0.3, -0.25) is 0 Å². The van der Waals surface area contributed by atoms with Crippen LogP contribution >= 0.6 is 0 Å².